The summed E-state index contributed by atoms with van der Waals surface area (Å²) < 4.78 is 18.6. The summed E-state index contributed by atoms with van der Waals surface area (Å²) in [5, 5.41) is 4.34. The number of hydrazone groups is 1. The molecule has 2 amide bonds. The van der Waals surface area contributed by atoms with Crippen molar-refractivity contribution in [1.29, 1.82) is 0 Å². The highest BCUT2D eigenvalue weighted by molar-refractivity contribution is 5.95. The highest BCUT2D eigenvalue weighted by Gasteiger charge is 2.73. The van der Waals surface area contributed by atoms with Crippen LogP contribution in [0.5, 0.6) is 11.5 Å². The van der Waals surface area contributed by atoms with E-state index >= 15 is 0 Å². The van der Waals surface area contributed by atoms with E-state index in [1.807, 2.05) is 13.2 Å². The lowest BCUT2D eigenvalue weighted by atomic mass is 9.48. The summed E-state index contributed by atoms with van der Waals surface area (Å²) in [4.78, 5) is 13.7. The van der Waals surface area contributed by atoms with E-state index in [-0.39, 0.29) is 23.2 Å². The van der Waals surface area contributed by atoms with Crippen LogP contribution in [0.2, 0.25) is 0 Å². The number of nitrogens with two attached hydrogens (primary N) is 1. The van der Waals surface area contributed by atoms with Gasteiger partial charge in [0, 0.05) is 18.7 Å². The number of urea groups is 1. The van der Waals surface area contributed by atoms with Crippen LogP contribution < -0.4 is 20.6 Å². The standard InChI is InChI=1S/C20H26N4O4/c1-24-9-8-19-15-11-4-5-13(26-2)16(15)28-17(19)12(22-23-18(21)25)6-7-20(19,27-3)14(24)10-11/h4-5,14,17H,6-10H2,1-3H3,(H3,21,23,25)/b22-12-/t14-,17+,19+,20-/m1/s1. The van der Waals surface area contributed by atoms with Crippen molar-refractivity contribution < 1.29 is 19.0 Å². The number of primary amides is 1. The first-order chi connectivity index (χ1) is 13.5. The molecule has 8 nitrogen and oxygen atoms in total. The largest absolute Gasteiger partial charge is 0.493 e. The second kappa shape index (κ2) is 5.84. The van der Waals surface area contributed by atoms with Gasteiger partial charge in [-0.25, -0.2) is 10.2 Å². The van der Waals surface area contributed by atoms with Crippen LogP contribution in [0.15, 0.2) is 17.2 Å². The second-order valence-corrected chi connectivity index (χ2v) is 8.22. The molecule has 2 heterocycles. The molecule has 2 bridgehead atoms. The highest BCUT2D eigenvalue weighted by Crippen LogP contribution is 2.65. The molecule has 8 heteroatoms. The number of ether oxygens (including phenoxy) is 3. The number of amides is 2. The predicted molar refractivity (Wildman–Crippen MR) is 103 cm³/mol. The molecule has 0 radical (unpaired) electrons. The Balaban J connectivity index is 1.77. The Morgan fingerprint density at radius 3 is 2.93 bits per heavy atom. The molecule has 1 spiro atoms. The molecule has 150 valence electrons. The molecule has 2 aliphatic carbocycles. The van der Waals surface area contributed by atoms with E-state index < -0.39 is 6.03 Å². The van der Waals surface area contributed by atoms with E-state index in [1.54, 1.807) is 7.11 Å². The molecule has 1 saturated heterocycles. The van der Waals surface area contributed by atoms with Crippen LogP contribution in [0.1, 0.15) is 30.4 Å². The van der Waals surface area contributed by atoms with Crippen LogP contribution in [0, 0.1) is 0 Å². The zero-order valence-corrected chi connectivity index (χ0v) is 16.4. The molecule has 0 unspecified atom stereocenters. The van der Waals surface area contributed by atoms with Crippen LogP contribution in [0.25, 0.3) is 0 Å². The van der Waals surface area contributed by atoms with Crippen molar-refractivity contribution in [2.45, 2.75) is 48.8 Å². The lowest BCUT2D eigenvalue weighted by Gasteiger charge is -2.64. The summed E-state index contributed by atoms with van der Waals surface area (Å²) in [7, 11) is 5.66. The van der Waals surface area contributed by atoms with Gasteiger partial charge >= 0.3 is 6.03 Å². The zero-order chi connectivity index (χ0) is 19.7. The van der Waals surface area contributed by atoms with Gasteiger partial charge in [0.1, 0.15) is 0 Å². The van der Waals surface area contributed by atoms with E-state index in [9.17, 15) is 4.79 Å². The maximum absolute atomic E-state index is 11.3. The number of benzene rings is 1. The van der Waals surface area contributed by atoms with Gasteiger partial charge in [-0.3, -0.25) is 0 Å². The third-order valence-electron chi connectivity index (χ3n) is 7.38. The van der Waals surface area contributed by atoms with Crippen LogP contribution in [-0.4, -0.2) is 62.2 Å². The number of methoxy groups -OCH3 is 2. The summed E-state index contributed by atoms with van der Waals surface area (Å²) in [5.74, 6) is 1.52. The Hall–Kier alpha value is -2.32. The lowest BCUT2D eigenvalue weighted by molar-refractivity contribution is -0.180. The van der Waals surface area contributed by atoms with E-state index in [0.717, 1.165) is 43.0 Å². The summed E-state index contributed by atoms with van der Waals surface area (Å²) in [6, 6.07) is 3.72. The summed E-state index contributed by atoms with van der Waals surface area (Å²) in [6.45, 7) is 0.947. The minimum Gasteiger partial charge on any atom is -0.493 e. The number of piperidine rings is 1. The average molecular weight is 386 g/mol. The van der Waals surface area contributed by atoms with Crippen molar-refractivity contribution in [3.8, 4) is 11.5 Å². The fourth-order valence-corrected chi connectivity index (χ4v) is 6.33. The van der Waals surface area contributed by atoms with Crippen molar-refractivity contribution in [2.75, 3.05) is 27.8 Å². The SMILES string of the molecule is COc1ccc2c3c1O[C@H]1/C(=N\NC(N)=O)CC[C@@]4(OC)[C@@H](C2)N(C)CC[C@]314. The Bertz CT molecular complexity index is 887. The summed E-state index contributed by atoms with van der Waals surface area (Å²) >= 11 is 0. The number of nitrogens with zero attached hydrogens (tertiary/aromatic N) is 2. The Morgan fingerprint density at radius 1 is 1.39 bits per heavy atom. The molecule has 1 saturated carbocycles. The quantitative estimate of drug-likeness (QED) is 0.760. The number of nitrogens with one attached hydrogen (secondary N) is 1. The maximum atomic E-state index is 11.3. The van der Waals surface area contributed by atoms with Crippen molar-refractivity contribution in [2.24, 2.45) is 10.8 Å². The van der Waals surface area contributed by atoms with Crippen LogP contribution in [0.3, 0.4) is 0 Å². The first kappa shape index (κ1) is 17.8. The topological polar surface area (TPSA) is 98.4 Å². The van der Waals surface area contributed by atoms with E-state index in [4.69, 9.17) is 19.9 Å². The first-order valence-electron chi connectivity index (χ1n) is 9.73. The number of hydrogen-bond acceptors (Lipinski definition) is 6. The normalized spacial score (nSPS) is 36.6. The fourth-order valence-electron chi connectivity index (χ4n) is 6.33. The molecule has 5 rings (SSSR count). The molecular formula is C20H26N4O4. The van der Waals surface area contributed by atoms with Gasteiger partial charge in [-0.2, -0.15) is 5.10 Å². The van der Waals surface area contributed by atoms with Gasteiger partial charge in [0.05, 0.1) is 23.8 Å². The van der Waals surface area contributed by atoms with Crippen molar-refractivity contribution in [1.82, 2.24) is 10.3 Å². The highest BCUT2D eigenvalue weighted by atomic mass is 16.5. The molecule has 1 aromatic carbocycles. The molecular weight excluding hydrogens is 360 g/mol. The van der Waals surface area contributed by atoms with Gasteiger partial charge in [0.2, 0.25) is 0 Å². The van der Waals surface area contributed by atoms with Crippen molar-refractivity contribution in [3.63, 3.8) is 0 Å². The van der Waals surface area contributed by atoms with Gasteiger partial charge in [-0.15, -0.1) is 0 Å². The summed E-state index contributed by atoms with van der Waals surface area (Å²) in [5.41, 5.74) is 10.2. The van der Waals surface area contributed by atoms with Crippen molar-refractivity contribution >= 4 is 11.7 Å². The molecule has 4 atom stereocenters. The maximum Gasteiger partial charge on any atom is 0.332 e. The fraction of sp³-hybridized carbons (Fsp3) is 0.600. The lowest BCUT2D eigenvalue weighted by Crippen LogP contribution is -2.76. The van der Waals surface area contributed by atoms with Gasteiger partial charge < -0.3 is 24.8 Å². The van der Waals surface area contributed by atoms with Gasteiger partial charge in [0.15, 0.2) is 17.6 Å². The minimum absolute atomic E-state index is 0.259. The number of hydrogen-bond donors (Lipinski definition) is 2. The number of likely N-dealkylation sites (N-methyl/N-ethyl adjacent to an activating group) is 1. The Kier molecular flexibility index (Phi) is 3.70. The molecule has 4 aliphatic rings. The molecule has 2 aliphatic heterocycles. The first-order valence-corrected chi connectivity index (χ1v) is 9.73. The monoisotopic (exact) mass is 386 g/mol. The van der Waals surface area contributed by atoms with Crippen LogP contribution >= 0.6 is 0 Å². The Morgan fingerprint density at radius 2 is 2.21 bits per heavy atom. The third kappa shape index (κ3) is 1.92. The minimum atomic E-state index is -0.674. The number of rotatable bonds is 3. The van der Waals surface area contributed by atoms with E-state index in [1.165, 1.54) is 11.1 Å². The number of likely N-dealkylation sites (tertiary alicyclic amines) is 1. The van der Waals surface area contributed by atoms with Gasteiger partial charge in [0.25, 0.3) is 0 Å². The zero-order valence-electron chi connectivity index (χ0n) is 16.4. The van der Waals surface area contributed by atoms with Crippen LogP contribution in [0.4, 0.5) is 4.79 Å². The smallest absolute Gasteiger partial charge is 0.332 e. The van der Waals surface area contributed by atoms with Crippen molar-refractivity contribution in [3.05, 3.63) is 23.3 Å². The Labute approximate surface area is 164 Å². The number of carbonyl (C=O) groups excluding carboxylic acids is 1. The average Bonchev–Trinajstić information content (AvgIpc) is 3.04. The van der Waals surface area contributed by atoms with Gasteiger partial charge in [-0.1, -0.05) is 6.07 Å². The summed E-state index contributed by atoms with van der Waals surface area (Å²) in [6.07, 6.45) is 2.99. The molecule has 28 heavy (non-hydrogen) atoms. The van der Waals surface area contributed by atoms with E-state index in [2.05, 4.69) is 28.5 Å². The van der Waals surface area contributed by atoms with Crippen LogP contribution in [-0.2, 0) is 16.6 Å². The molecule has 1 aromatic rings. The molecule has 3 N–H and O–H groups in total. The van der Waals surface area contributed by atoms with E-state index in [0.29, 0.717) is 6.42 Å². The second-order valence-electron chi connectivity index (χ2n) is 8.22. The number of carbonyl (C=O) groups is 1. The predicted octanol–water partition coefficient (Wildman–Crippen LogP) is 1.16. The molecule has 0 aromatic heterocycles. The van der Waals surface area contributed by atoms with Gasteiger partial charge in [-0.05, 0) is 50.9 Å². The third-order valence-corrected chi connectivity index (χ3v) is 7.38. The molecule has 2 fully saturated rings.